The van der Waals surface area contributed by atoms with Crippen molar-refractivity contribution in [3.8, 4) is 0 Å². The number of alkyl halides is 2. The zero-order chi connectivity index (χ0) is 19.3. The van der Waals surface area contributed by atoms with Gasteiger partial charge in [-0.05, 0) is 34.2 Å². The maximum absolute atomic E-state index is 12.5. The highest BCUT2D eigenvalue weighted by Gasteiger charge is 2.29. The molecule has 0 atom stereocenters. The minimum atomic E-state index is -0.665. The van der Waals surface area contributed by atoms with Gasteiger partial charge in [0.1, 0.15) is 0 Å². The molecule has 26 heavy (non-hydrogen) atoms. The molecule has 0 saturated heterocycles. The second-order valence-corrected chi connectivity index (χ2v) is 6.27. The normalized spacial score (nSPS) is 10.6. The molecule has 0 aliphatic heterocycles. The summed E-state index contributed by atoms with van der Waals surface area (Å²) in [7, 11) is 1.56. The van der Waals surface area contributed by atoms with Crippen LogP contribution in [0.3, 0.4) is 0 Å². The molecule has 0 aliphatic rings. The second kappa shape index (κ2) is 8.86. The molecule has 140 valence electrons. The van der Waals surface area contributed by atoms with Crippen molar-refractivity contribution >= 4 is 46.3 Å². The highest BCUT2D eigenvalue weighted by atomic mass is 35.5. The summed E-state index contributed by atoms with van der Waals surface area (Å²) in [6.07, 6.45) is 0. The first-order valence-corrected chi connectivity index (χ1v) is 8.92. The smallest absolute Gasteiger partial charge is 0.369 e. The third-order valence-electron chi connectivity index (χ3n) is 3.89. The molecule has 0 radical (unpaired) electrons. The van der Waals surface area contributed by atoms with E-state index in [2.05, 4.69) is 10.3 Å². The molecular formula is C16H19Cl2N5O3. The molecule has 1 amide bonds. The predicted octanol–water partition coefficient (Wildman–Crippen LogP) is 3.17. The number of aryl methyl sites for hydroxylation is 1. The fourth-order valence-corrected chi connectivity index (χ4v) is 2.90. The quantitative estimate of drug-likeness (QED) is 0.417. The summed E-state index contributed by atoms with van der Waals surface area (Å²) < 4.78 is 1.39. The van der Waals surface area contributed by atoms with Crippen molar-refractivity contribution in [2.24, 2.45) is 7.05 Å². The predicted molar refractivity (Wildman–Crippen MR) is 103 cm³/mol. The van der Waals surface area contributed by atoms with Gasteiger partial charge in [0.15, 0.2) is 0 Å². The number of hydrogen-bond acceptors (Lipinski definition) is 5. The van der Waals surface area contributed by atoms with E-state index >= 15 is 0 Å². The molecule has 10 heteroatoms. The molecule has 1 aromatic heterocycles. The van der Waals surface area contributed by atoms with Crippen LogP contribution in [0.4, 0.5) is 17.2 Å². The number of halogens is 2. The Morgan fingerprint density at radius 1 is 1.27 bits per heavy atom. The molecule has 1 heterocycles. The van der Waals surface area contributed by atoms with E-state index in [4.69, 9.17) is 23.2 Å². The van der Waals surface area contributed by atoms with Crippen molar-refractivity contribution in [2.45, 2.75) is 6.92 Å². The molecule has 1 N–H and O–H groups in total. The number of nitrogens with one attached hydrogen (secondary N) is 1. The number of imidazole rings is 1. The Hall–Kier alpha value is -2.32. The highest BCUT2D eigenvalue weighted by molar-refractivity contribution is 6.18. The molecule has 0 spiro atoms. The van der Waals surface area contributed by atoms with E-state index in [1.165, 1.54) is 4.57 Å². The van der Waals surface area contributed by atoms with Crippen LogP contribution < -0.4 is 10.2 Å². The van der Waals surface area contributed by atoms with Gasteiger partial charge >= 0.3 is 5.82 Å². The van der Waals surface area contributed by atoms with Gasteiger partial charge in [-0.15, -0.1) is 23.2 Å². The third-order valence-corrected chi connectivity index (χ3v) is 4.23. The van der Waals surface area contributed by atoms with E-state index in [1.54, 1.807) is 26.1 Å². The minimum Gasteiger partial charge on any atom is -0.369 e. The maximum Gasteiger partial charge on any atom is 0.395 e. The average Bonchev–Trinajstić information content (AvgIpc) is 2.91. The van der Waals surface area contributed by atoms with Gasteiger partial charge in [-0.25, -0.2) is 0 Å². The Bertz CT molecular complexity index is 786. The number of carbonyl (C=O) groups excluding carboxylic acids is 1. The van der Waals surface area contributed by atoms with Crippen LogP contribution in [0, 0.1) is 17.0 Å². The molecule has 0 aliphatic carbocycles. The van der Waals surface area contributed by atoms with E-state index in [9.17, 15) is 14.9 Å². The van der Waals surface area contributed by atoms with Crippen molar-refractivity contribution in [3.63, 3.8) is 0 Å². The summed E-state index contributed by atoms with van der Waals surface area (Å²) in [5.41, 5.74) is 1.35. The van der Waals surface area contributed by atoms with Gasteiger partial charge in [-0.3, -0.25) is 4.79 Å². The van der Waals surface area contributed by atoms with Gasteiger partial charge in [-0.2, -0.15) is 0 Å². The number of nitrogens with zero attached hydrogens (tertiary/aromatic N) is 4. The molecule has 1 aromatic carbocycles. The number of anilines is 2. The lowest BCUT2D eigenvalue weighted by atomic mass is 10.2. The van der Waals surface area contributed by atoms with E-state index in [0.29, 0.717) is 36.4 Å². The van der Waals surface area contributed by atoms with E-state index in [-0.39, 0.29) is 5.69 Å². The number of amides is 1. The number of carbonyl (C=O) groups is 1. The van der Waals surface area contributed by atoms with Crippen LogP contribution in [0.25, 0.3) is 0 Å². The van der Waals surface area contributed by atoms with E-state index < -0.39 is 16.6 Å². The summed E-state index contributed by atoms with van der Waals surface area (Å²) in [6.45, 7) is 2.90. The third kappa shape index (κ3) is 4.44. The SMILES string of the molecule is Cc1nc([N+](=O)[O-])c(C(=O)Nc2ccc(N(CCCl)CCCl)cc2)n1C. The molecule has 0 unspecified atom stereocenters. The molecule has 2 aromatic rings. The van der Waals surface area contributed by atoms with Gasteiger partial charge < -0.3 is 24.9 Å². The Morgan fingerprint density at radius 2 is 1.85 bits per heavy atom. The lowest BCUT2D eigenvalue weighted by Gasteiger charge is -2.23. The van der Waals surface area contributed by atoms with Gasteiger partial charge in [0.2, 0.25) is 11.5 Å². The monoisotopic (exact) mass is 399 g/mol. The molecule has 0 saturated carbocycles. The van der Waals surface area contributed by atoms with E-state index in [1.807, 2.05) is 17.0 Å². The van der Waals surface area contributed by atoms with Crippen LogP contribution >= 0.6 is 23.2 Å². The van der Waals surface area contributed by atoms with Crippen molar-refractivity contribution in [2.75, 3.05) is 35.1 Å². The number of nitro groups is 1. The van der Waals surface area contributed by atoms with Crippen molar-refractivity contribution in [3.05, 3.63) is 45.9 Å². The van der Waals surface area contributed by atoms with Gasteiger partial charge in [0.25, 0.3) is 5.91 Å². The molecule has 2 rings (SSSR count). The summed E-state index contributed by atoms with van der Waals surface area (Å²) >= 11 is 11.6. The summed E-state index contributed by atoms with van der Waals surface area (Å²) in [5, 5.41) is 13.8. The molecule has 0 fully saturated rings. The Balaban J connectivity index is 2.19. The molecule has 0 bridgehead atoms. The zero-order valence-electron chi connectivity index (χ0n) is 14.4. The van der Waals surface area contributed by atoms with Crippen LogP contribution in [0.2, 0.25) is 0 Å². The van der Waals surface area contributed by atoms with Crippen molar-refractivity contribution in [1.29, 1.82) is 0 Å². The Labute approximate surface area is 160 Å². The molecule has 8 nitrogen and oxygen atoms in total. The van der Waals surface area contributed by atoms with Crippen molar-refractivity contribution < 1.29 is 9.72 Å². The first-order valence-electron chi connectivity index (χ1n) is 7.85. The van der Waals surface area contributed by atoms with Crippen LogP contribution in [0.1, 0.15) is 16.3 Å². The maximum atomic E-state index is 12.5. The summed E-state index contributed by atoms with van der Waals surface area (Å²) in [6, 6.07) is 7.10. The zero-order valence-corrected chi connectivity index (χ0v) is 15.9. The van der Waals surface area contributed by atoms with Gasteiger partial charge in [-0.1, -0.05) is 0 Å². The summed E-state index contributed by atoms with van der Waals surface area (Å²) in [5.74, 6) is 0.271. The Kier molecular flexibility index (Phi) is 6.82. The first-order chi connectivity index (χ1) is 12.4. The fraction of sp³-hybridized carbons (Fsp3) is 0.375. The number of aromatic nitrogens is 2. The number of benzene rings is 1. The average molecular weight is 400 g/mol. The van der Waals surface area contributed by atoms with Crippen LogP contribution in [-0.4, -0.2) is 45.2 Å². The van der Waals surface area contributed by atoms with Gasteiger partial charge in [0.05, 0.1) is 0 Å². The fourth-order valence-electron chi connectivity index (χ4n) is 2.49. The van der Waals surface area contributed by atoms with Crippen LogP contribution in [0.15, 0.2) is 24.3 Å². The number of hydrogen-bond donors (Lipinski definition) is 1. The standard InChI is InChI=1S/C16H19Cl2N5O3/c1-11-19-15(23(25)26)14(21(11)2)16(24)20-12-3-5-13(6-4-12)22(9-7-17)10-8-18/h3-6H,7-10H2,1-2H3,(H,20,24). The summed E-state index contributed by atoms with van der Waals surface area (Å²) in [4.78, 5) is 28.8. The van der Waals surface area contributed by atoms with Crippen LogP contribution in [0.5, 0.6) is 0 Å². The minimum absolute atomic E-state index is 0.0949. The highest BCUT2D eigenvalue weighted by Crippen LogP contribution is 2.22. The van der Waals surface area contributed by atoms with Crippen molar-refractivity contribution in [1.82, 2.24) is 9.55 Å². The van der Waals surface area contributed by atoms with Crippen LogP contribution in [-0.2, 0) is 7.05 Å². The lowest BCUT2D eigenvalue weighted by molar-refractivity contribution is -0.389. The number of rotatable bonds is 8. The topological polar surface area (TPSA) is 93.3 Å². The second-order valence-electron chi connectivity index (χ2n) is 5.51. The lowest BCUT2D eigenvalue weighted by Crippen LogP contribution is -2.27. The van der Waals surface area contributed by atoms with E-state index in [0.717, 1.165) is 5.69 Å². The Morgan fingerprint density at radius 3 is 2.35 bits per heavy atom. The largest absolute Gasteiger partial charge is 0.395 e. The molecular weight excluding hydrogens is 381 g/mol. The van der Waals surface area contributed by atoms with Gasteiger partial charge in [0, 0.05) is 50.2 Å². The first kappa shape index (κ1) is 20.0.